The van der Waals surface area contributed by atoms with E-state index in [1.807, 2.05) is 0 Å². The molecule has 0 bridgehead atoms. The van der Waals surface area contributed by atoms with Crippen molar-refractivity contribution in [3.63, 3.8) is 0 Å². The first kappa shape index (κ1) is 14.6. The number of rotatable bonds is 2. The highest BCUT2D eigenvalue weighted by atomic mass is 19.4. The minimum Gasteiger partial charge on any atom is -0.480 e. The molecule has 0 radical (unpaired) electrons. The highest BCUT2D eigenvalue weighted by Crippen LogP contribution is 2.34. The zero-order chi connectivity index (χ0) is 15.1. The van der Waals surface area contributed by atoms with Crippen LogP contribution < -0.4 is 10.6 Å². The van der Waals surface area contributed by atoms with Crippen molar-refractivity contribution in [1.29, 1.82) is 0 Å². The summed E-state index contributed by atoms with van der Waals surface area (Å²) in [5.41, 5.74) is 2.97. The standard InChI is InChI=1S/C12H12F4N2O2/c13-8-5-7(12(14,15)16)1-2-9(8)18-4-3-11(17,6-18)10(19)20/h1-2,5H,3-4,6,17H2,(H,19,20). The number of benzene rings is 1. The largest absolute Gasteiger partial charge is 0.480 e. The van der Waals surface area contributed by atoms with Crippen molar-refractivity contribution in [3.8, 4) is 0 Å². The third-order valence-electron chi connectivity index (χ3n) is 3.34. The minimum absolute atomic E-state index is 0.0772. The van der Waals surface area contributed by atoms with Crippen molar-refractivity contribution >= 4 is 11.7 Å². The number of nitrogens with two attached hydrogens (primary N) is 1. The van der Waals surface area contributed by atoms with Crippen LogP contribution in [0, 0.1) is 5.82 Å². The van der Waals surface area contributed by atoms with Crippen LogP contribution in [0.3, 0.4) is 0 Å². The fourth-order valence-corrected chi connectivity index (χ4v) is 2.15. The number of hydrogen-bond donors (Lipinski definition) is 2. The number of carboxylic acids is 1. The molecule has 1 aliphatic rings. The van der Waals surface area contributed by atoms with Gasteiger partial charge in [0.2, 0.25) is 0 Å². The van der Waals surface area contributed by atoms with Gasteiger partial charge in [0.1, 0.15) is 11.4 Å². The van der Waals surface area contributed by atoms with E-state index in [0.717, 1.165) is 12.1 Å². The summed E-state index contributed by atoms with van der Waals surface area (Å²) < 4.78 is 51.0. The van der Waals surface area contributed by atoms with E-state index in [-0.39, 0.29) is 25.2 Å². The van der Waals surface area contributed by atoms with Gasteiger partial charge in [0.15, 0.2) is 0 Å². The highest BCUT2D eigenvalue weighted by Gasteiger charge is 2.42. The molecule has 20 heavy (non-hydrogen) atoms. The average molecular weight is 292 g/mol. The number of nitrogens with zero attached hydrogens (tertiary/aromatic N) is 1. The Morgan fingerprint density at radius 2 is 2.05 bits per heavy atom. The molecule has 1 aromatic carbocycles. The van der Waals surface area contributed by atoms with E-state index < -0.39 is 29.1 Å². The predicted octanol–water partition coefficient (Wildman–Crippen LogP) is 1.84. The van der Waals surface area contributed by atoms with Crippen molar-refractivity contribution in [3.05, 3.63) is 29.6 Å². The molecule has 1 fully saturated rings. The summed E-state index contributed by atoms with van der Waals surface area (Å²) in [6, 6.07) is 2.15. The predicted molar refractivity (Wildman–Crippen MR) is 62.8 cm³/mol. The van der Waals surface area contributed by atoms with Gasteiger partial charge in [-0.25, -0.2) is 4.39 Å². The van der Waals surface area contributed by atoms with E-state index in [1.54, 1.807) is 0 Å². The van der Waals surface area contributed by atoms with Crippen LogP contribution in [-0.4, -0.2) is 29.7 Å². The first-order valence-corrected chi connectivity index (χ1v) is 5.77. The fraction of sp³-hybridized carbons (Fsp3) is 0.417. The molecule has 1 aromatic rings. The minimum atomic E-state index is -4.62. The summed E-state index contributed by atoms with van der Waals surface area (Å²) in [5, 5.41) is 8.96. The molecule has 1 aliphatic heterocycles. The van der Waals surface area contributed by atoms with Gasteiger partial charge in [-0.2, -0.15) is 13.2 Å². The van der Waals surface area contributed by atoms with E-state index in [9.17, 15) is 22.4 Å². The van der Waals surface area contributed by atoms with Gasteiger partial charge in [0.25, 0.3) is 0 Å². The summed E-state index contributed by atoms with van der Waals surface area (Å²) in [6.45, 7) is 0.0235. The number of alkyl halides is 3. The van der Waals surface area contributed by atoms with Crippen molar-refractivity contribution in [2.45, 2.75) is 18.1 Å². The van der Waals surface area contributed by atoms with Crippen molar-refractivity contribution in [1.82, 2.24) is 0 Å². The Labute approximate surface area is 111 Å². The Morgan fingerprint density at radius 1 is 1.40 bits per heavy atom. The molecule has 0 saturated carbocycles. The lowest BCUT2D eigenvalue weighted by atomic mass is 10.0. The molecule has 1 atom stereocenters. The van der Waals surface area contributed by atoms with Crippen LogP contribution in [0.5, 0.6) is 0 Å². The lowest BCUT2D eigenvalue weighted by molar-refractivity contribution is -0.142. The third-order valence-corrected chi connectivity index (χ3v) is 3.34. The smallest absolute Gasteiger partial charge is 0.416 e. The van der Waals surface area contributed by atoms with Crippen molar-refractivity contribution in [2.75, 3.05) is 18.0 Å². The van der Waals surface area contributed by atoms with E-state index in [0.29, 0.717) is 6.07 Å². The van der Waals surface area contributed by atoms with E-state index in [1.165, 1.54) is 4.90 Å². The van der Waals surface area contributed by atoms with Gasteiger partial charge < -0.3 is 15.7 Å². The zero-order valence-electron chi connectivity index (χ0n) is 10.2. The van der Waals surface area contributed by atoms with Crippen LogP contribution in [0.25, 0.3) is 0 Å². The number of hydrogen-bond acceptors (Lipinski definition) is 3. The van der Waals surface area contributed by atoms with Gasteiger partial charge in [0, 0.05) is 13.1 Å². The lowest BCUT2D eigenvalue weighted by Crippen LogP contribution is -2.50. The second-order valence-electron chi connectivity index (χ2n) is 4.80. The van der Waals surface area contributed by atoms with Gasteiger partial charge in [-0.05, 0) is 24.6 Å². The van der Waals surface area contributed by atoms with Gasteiger partial charge >= 0.3 is 12.1 Å². The number of halogens is 4. The molecule has 1 heterocycles. The Kier molecular flexibility index (Phi) is 3.37. The average Bonchev–Trinajstić information content (AvgIpc) is 2.72. The molecule has 4 nitrogen and oxygen atoms in total. The first-order valence-electron chi connectivity index (χ1n) is 5.77. The molecule has 110 valence electrons. The van der Waals surface area contributed by atoms with Crippen LogP contribution in [0.1, 0.15) is 12.0 Å². The van der Waals surface area contributed by atoms with Crippen LogP contribution in [0.4, 0.5) is 23.2 Å². The monoisotopic (exact) mass is 292 g/mol. The number of aliphatic carboxylic acids is 1. The Bertz CT molecular complexity index is 547. The first-order chi connectivity index (χ1) is 9.13. The molecular formula is C12H12F4N2O2. The van der Waals surface area contributed by atoms with Crippen LogP contribution in [0.15, 0.2) is 18.2 Å². The number of carboxylic acid groups (broad SMARTS) is 1. The second-order valence-corrected chi connectivity index (χ2v) is 4.80. The fourth-order valence-electron chi connectivity index (χ4n) is 2.15. The van der Waals surface area contributed by atoms with Gasteiger partial charge in [-0.3, -0.25) is 4.79 Å². The van der Waals surface area contributed by atoms with Crippen molar-refractivity contribution < 1.29 is 27.5 Å². The van der Waals surface area contributed by atoms with Crippen LogP contribution in [0.2, 0.25) is 0 Å². The Morgan fingerprint density at radius 3 is 2.50 bits per heavy atom. The van der Waals surface area contributed by atoms with Gasteiger partial charge in [0.05, 0.1) is 11.3 Å². The normalized spacial score (nSPS) is 23.1. The molecule has 1 saturated heterocycles. The summed E-state index contributed by atoms with van der Waals surface area (Å²) in [6.07, 6.45) is -4.52. The lowest BCUT2D eigenvalue weighted by Gasteiger charge is -2.22. The Balaban J connectivity index is 2.26. The molecule has 0 aromatic heterocycles. The molecule has 3 N–H and O–H groups in total. The molecular weight excluding hydrogens is 280 g/mol. The quantitative estimate of drug-likeness (QED) is 0.816. The third kappa shape index (κ3) is 2.55. The molecule has 2 rings (SSSR count). The topological polar surface area (TPSA) is 66.6 Å². The SMILES string of the molecule is NC1(C(=O)O)CCN(c2ccc(C(F)(F)F)cc2F)C1. The zero-order valence-corrected chi connectivity index (χ0v) is 10.2. The maximum atomic E-state index is 13.8. The number of carbonyl (C=O) groups is 1. The van der Waals surface area contributed by atoms with Gasteiger partial charge in [-0.1, -0.05) is 0 Å². The Hall–Kier alpha value is -1.83. The van der Waals surface area contributed by atoms with E-state index >= 15 is 0 Å². The van der Waals surface area contributed by atoms with E-state index in [4.69, 9.17) is 10.8 Å². The molecule has 0 amide bonds. The molecule has 1 unspecified atom stereocenters. The van der Waals surface area contributed by atoms with Crippen molar-refractivity contribution in [2.24, 2.45) is 5.73 Å². The van der Waals surface area contributed by atoms with Gasteiger partial charge in [-0.15, -0.1) is 0 Å². The van der Waals surface area contributed by atoms with Crippen LogP contribution in [-0.2, 0) is 11.0 Å². The maximum absolute atomic E-state index is 13.8. The van der Waals surface area contributed by atoms with E-state index in [2.05, 4.69) is 0 Å². The second kappa shape index (κ2) is 4.62. The summed E-state index contributed by atoms with van der Waals surface area (Å²) in [4.78, 5) is 12.3. The molecule has 8 heteroatoms. The number of anilines is 1. The summed E-state index contributed by atoms with van der Waals surface area (Å²) in [5.74, 6) is -2.26. The highest BCUT2D eigenvalue weighted by molar-refractivity contribution is 5.80. The maximum Gasteiger partial charge on any atom is 0.416 e. The molecule has 0 aliphatic carbocycles. The molecule has 0 spiro atoms. The summed E-state index contributed by atoms with van der Waals surface area (Å²) in [7, 11) is 0. The summed E-state index contributed by atoms with van der Waals surface area (Å²) >= 11 is 0. The van der Waals surface area contributed by atoms with Crippen LogP contribution >= 0.6 is 0 Å².